The largest absolute Gasteiger partial charge is 0.493 e. The Morgan fingerprint density at radius 1 is 1.12 bits per heavy atom. The molecule has 5 rings (SSSR count). The molecule has 2 aromatic heterocycles. The van der Waals surface area contributed by atoms with Crippen molar-refractivity contribution in [2.45, 2.75) is 47.2 Å². The van der Waals surface area contributed by atoms with Crippen LogP contribution in [-0.4, -0.2) is 56.6 Å². The number of rotatable bonds is 9. The fourth-order valence-electron chi connectivity index (χ4n) is 5.47. The van der Waals surface area contributed by atoms with Crippen molar-refractivity contribution in [2.75, 3.05) is 20.3 Å². The third-order valence-electron chi connectivity index (χ3n) is 7.36. The zero-order valence-corrected chi connectivity index (χ0v) is 24.8. The average Bonchev–Trinajstić information content (AvgIpc) is 3.47. The molecule has 0 fully saturated rings. The van der Waals surface area contributed by atoms with Gasteiger partial charge in [0.2, 0.25) is 0 Å². The molecule has 43 heavy (non-hydrogen) atoms. The molecule has 0 radical (unpaired) electrons. The molecular formula is C30H34N8O5. The Balaban J connectivity index is 1.61. The zero-order valence-electron chi connectivity index (χ0n) is 24.8. The third kappa shape index (κ3) is 5.65. The summed E-state index contributed by atoms with van der Waals surface area (Å²) >= 11 is 0. The quantitative estimate of drug-likeness (QED) is 0.269. The molecule has 0 bridgehead atoms. The number of primary amides is 1. The van der Waals surface area contributed by atoms with Crippen LogP contribution in [0.25, 0.3) is 11.3 Å². The molecule has 2 aromatic carbocycles. The van der Waals surface area contributed by atoms with Crippen LogP contribution in [0.2, 0.25) is 0 Å². The third-order valence-corrected chi connectivity index (χ3v) is 7.36. The van der Waals surface area contributed by atoms with Gasteiger partial charge in [-0.1, -0.05) is 22.9 Å². The highest BCUT2D eigenvalue weighted by atomic mass is 16.5. The molecule has 3 heterocycles. The van der Waals surface area contributed by atoms with Crippen molar-refractivity contribution in [3.05, 3.63) is 79.9 Å². The summed E-state index contributed by atoms with van der Waals surface area (Å²) < 4.78 is 14.6. The second kappa shape index (κ2) is 12.0. The minimum atomic E-state index is -0.878. The lowest BCUT2D eigenvalue weighted by atomic mass is 9.97. The van der Waals surface area contributed by atoms with Gasteiger partial charge in [0.1, 0.15) is 5.49 Å². The second-order valence-corrected chi connectivity index (χ2v) is 10.3. The predicted octanol–water partition coefficient (Wildman–Crippen LogP) is 2.08. The fraction of sp³-hybridized carbons (Fsp3) is 0.333. The fourth-order valence-corrected chi connectivity index (χ4v) is 5.47. The number of aromatic nitrogens is 5. The van der Waals surface area contributed by atoms with Crippen LogP contribution in [-0.2, 0) is 19.5 Å². The molecule has 1 aliphatic heterocycles. The van der Waals surface area contributed by atoms with E-state index in [-0.39, 0.29) is 30.2 Å². The summed E-state index contributed by atoms with van der Waals surface area (Å²) in [6.45, 7) is 9.04. The number of ether oxygens (including phenoxy) is 2. The zero-order chi connectivity index (χ0) is 30.8. The second-order valence-electron chi connectivity index (χ2n) is 10.3. The Labute approximate surface area is 247 Å². The first-order valence-corrected chi connectivity index (χ1v) is 13.9. The van der Waals surface area contributed by atoms with Crippen LogP contribution in [0, 0.1) is 20.8 Å². The summed E-state index contributed by atoms with van der Waals surface area (Å²) in [7, 11) is 1.59. The minimum Gasteiger partial charge on any atom is -0.493 e. The van der Waals surface area contributed by atoms with E-state index < -0.39 is 11.8 Å². The van der Waals surface area contributed by atoms with E-state index in [1.165, 1.54) is 0 Å². The van der Waals surface area contributed by atoms with E-state index in [1.54, 1.807) is 16.2 Å². The van der Waals surface area contributed by atoms with Gasteiger partial charge in [0.25, 0.3) is 11.8 Å². The number of amides is 2. The number of methoxy groups -OCH3 is 1. The molecule has 0 atom stereocenters. The molecule has 4 aromatic rings. The van der Waals surface area contributed by atoms with Gasteiger partial charge in [-0.2, -0.15) is 0 Å². The Bertz CT molecular complexity index is 1840. The lowest BCUT2D eigenvalue weighted by Gasteiger charge is -2.25. The number of nitrogens with two attached hydrogens (primary N) is 1. The van der Waals surface area contributed by atoms with Gasteiger partial charge in [0.05, 0.1) is 25.1 Å². The molecule has 2 amide bonds. The monoisotopic (exact) mass is 586 g/mol. The number of aromatic amines is 1. The summed E-state index contributed by atoms with van der Waals surface area (Å²) in [6.07, 6.45) is 0.623. The molecule has 13 heteroatoms. The van der Waals surface area contributed by atoms with Gasteiger partial charge < -0.3 is 20.5 Å². The number of nitrogens with zero attached hydrogens (tertiary/aromatic N) is 5. The van der Waals surface area contributed by atoms with Gasteiger partial charge in [0, 0.05) is 31.3 Å². The average molecular weight is 587 g/mol. The Morgan fingerprint density at radius 2 is 1.86 bits per heavy atom. The standard InChI is InChI=1S/C30H34N8O5/c1-6-43-23-13-19-7-9-37-21(20(19)14-22(23)42-5)15-24(33-25-17(3)11-16(2)12-18(25)4)38(30(37)41)10-8-32-29(40)27-26(28(31)39)34-36-35-27/h11-15H,6-10H2,1-5H3,(H2,31,39)(H,32,40)(H,34,35,36)/b33-24+. The molecule has 0 aliphatic carbocycles. The minimum absolute atomic E-state index is 0.0613. The van der Waals surface area contributed by atoms with E-state index in [1.807, 2.05) is 58.0 Å². The number of H-pyrrole nitrogens is 1. The molecule has 0 saturated carbocycles. The lowest BCUT2D eigenvalue weighted by Crippen LogP contribution is -2.44. The van der Waals surface area contributed by atoms with E-state index in [0.29, 0.717) is 42.3 Å². The van der Waals surface area contributed by atoms with Crippen molar-refractivity contribution in [3.8, 4) is 22.8 Å². The molecular weight excluding hydrogens is 552 g/mol. The molecule has 224 valence electrons. The number of aryl methyl sites for hydroxylation is 4. The molecule has 0 unspecified atom stereocenters. The normalized spacial score (nSPS) is 12.4. The van der Waals surface area contributed by atoms with Crippen molar-refractivity contribution in [3.63, 3.8) is 0 Å². The number of nitrogens with one attached hydrogen (secondary N) is 2. The van der Waals surface area contributed by atoms with Crippen LogP contribution in [0.4, 0.5) is 5.69 Å². The van der Waals surface area contributed by atoms with Crippen LogP contribution in [0.15, 0.2) is 40.1 Å². The highest BCUT2D eigenvalue weighted by Gasteiger charge is 2.23. The number of hydrogen-bond donors (Lipinski definition) is 3. The van der Waals surface area contributed by atoms with E-state index in [9.17, 15) is 14.4 Å². The predicted molar refractivity (Wildman–Crippen MR) is 159 cm³/mol. The number of carbonyl (C=O) groups is 2. The van der Waals surface area contributed by atoms with Gasteiger partial charge in [-0.3, -0.25) is 23.8 Å². The Kier molecular flexibility index (Phi) is 8.15. The lowest BCUT2D eigenvalue weighted by molar-refractivity contribution is 0.0929. The van der Waals surface area contributed by atoms with Gasteiger partial charge in [-0.25, -0.2) is 9.79 Å². The Morgan fingerprint density at radius 3 is 2.53 bits per heavy atom. The van der Waals surface area contributed by atoms with Crippen LogP contribution >= 0.6 is 0 Å². The molecule has 1 aliphatic rings. The molecule has 0 saturated heterocycles. The first kappa shape index (κ1) is 29.3. The van der Waals surface area contributed by atoms with Crippen LogP contribution in [0.3, 0.4) is 0 Å². The van der Waals surface area contributed by atoms with Crippen molar-refractivity contribution < 1.29 is 19.1 Å². The van der Waals surface area contributed by atoms with Gasteiger partial charge >= 0.3 is 5.69 Å². The Hall–Kier alpha value is -5.20. The maximum Gasteiger partial charge on any atom is 0.330 e. The summed E-state index contributed by atoms with van der Waals surface area (Å²) in [4.78, 5) is 43.4. The highest BCUT2D eigenvalue weighted by molar-refractivity contribution is 6.03. The maximum absolute atomic E-state index is 14.0. The SMILES string of the molecule is CCOc1cc2c(cc1OC)-c1c/c(=N\c3c(C)cc(C)cc3C)n(CCNC(=O)c3[nH]nnc3C(N)=O)c(=O)n1CC2. The van der Waals surface area contributed by atoms with E-state index in [2.05, 4.69) is 20.7 Å². The molecule has 4 N–H and O–H groups in total. The first-order valence-electron chi connectivity index (χ1n) is 13.9. The van der Waals surface area contributed by atoms with Crippen molar-refractivity contribution in [1.29, 1.82) is 0 Å². The van der Waals surface area contributed by atoms with Crippen LogP contribution in [0.5, 0.6) is 11.5 Å². The van der Waals surface area contributed by atoms with E-state index in [4.69, 9.17) is 20.2 Å². The van der Waals surface area contributed by atoms with Gasteiger partial charge in [0.15, 0.2) is 22.9 Å². The molecule has 13 nitrogen and oxygen atoms in total. The number of carbonyl (C=O) groups excluding carboxylic acids is 2. The van der Waals surface area contributed by atoms with Crippen molar-refractivity contribution in [2.24, 2.45) is 10.7 Å². The summed E-state index contributed by atoms with van der Waals surface area (Å²) in [5, 5.41) is 12.2. The summed E-state index contributed by atoms with van der Waals surface area (Å²) in [5.41, 5.74) is 11.5. The highest BCUT2D eigenvalue weighted by Crippen LogP contribution is 2.37. The summed E-state index contributed by atoms with van der Waals surface area (Å²) in [6, 6.07) is 9.86. The first-order chi connectivity index (χ1) is 20.6. The molecule has 0 spiro atoms. The van der Waals surface area contributed by atoms with Crippen LogP contribution < -0.4 is 31.7 Å². The van der Waals surface area contributed by atoms with E-state index >= 15 is 0 Å². The number of fused-ring (bicyclic) bond motifs is 3. The van der Waals surface area contributed by atoms with Gasteiger partial charge in [-0.15, -0.1) is 5.10 Å². The topological polar surface area (TPSA) is 172 Å². The van der Waals surface area contributed by atoms with E-state index in [0.717, 1.165) is 33.5 Å². The van der Waals surface area contributed by atoms with Gasteiger partial charge in [-0.05, 0) is 62.9 Å². The summed E-state index contributed by atoms with van der Waals surface area (Å²) in [5.74, 6) is -0.263. The maximum atomic E-state index is 14.0. The van der Waals surface area contributed by atoms with Crippen molar-refractivity contribution in [1.82, 2.24) is 29.9 Å². The smallest absolute Gasteiger partial charge is 0.330 e. The number of benzene rings is 2. The number of hydrogen-bond acceptors (Lipinski definition) is 8. The van der Waals surface area contributed by atoms with Crippen molar-refractivity contribution >= 4 is 17.5 Å². The van der Waals surface area contributed by atoms with Crippen LogP contribution in [0.1, 0.15) is 50.2 Å².